The largest absolute Gasteiger partial charge is 0.370 e. The van der Waals surface area contributed by atoms with Crippen molar-refractivity contribution >= 4 is 0 Å². The number of ether oxygens (including phenoxy) is 4. The highest BCUT2D eigenvalue weighted by Gasteiger charge is 2.48. The van der Waals surface area contributed by atoms with Crippen LogP contribution in [0.5, 0.6) is 0 Å². The molecule has 0 radical (unpaired) electrons. The second-order valence-electron chi connectivity index (χ2n) is 7.27. The highest BCUT2D eigenvalue weighted by Crippen LogP contribution is 2.31. The first-order valence-electron chi connectivity index (χ1n) is 9.26. The van der Waals surface area contributed by atoms with Crippen molar-refractivity contribution in [2.75, 3.05) is 13.2 Å². The van der Waals surface area contributed by atoms with Crippen LogP contribution in [0.15, 0.2) is 48.5 Å². The quantitative estimate of drug-likeness (QED) is 0.795. The van der Waals surface area contributed by atoms with Crippen molar-refractivity contribution in [2.24, 2.45) is 0 Å². The topological polar surface area (TPSA) is 36.9 Å². The van der Waals surface area contributed by atoms with Crippen LogP contribution >= 0.6 is 0 Å². The molecule has 4 unspecified atom stereocenters. The molecule has 2 aromatic rings. The maximum absolute atomic E-state index is 6.06. The first kappa shape index (κ1) is 17.7. The van der Waals surface area contributed by atoms with E-state index in [0.29, 0.717) is 26.4 Å². The van der Waals surface area contributed by atoms with E-state index < -0.39 is 0 Å². The molecule has 0 spiro atoms. The van der Waals surface area contributed by atoms with Crippen LogP contribution in [0.1, 0.15) is 22.3 Å². The molecular formula is C22H26O4. The summed E-state index contributed by atoms with van der Waals surface area (Å²) in [4.78, 5) is 0. The minimum atomic E-state index is -0.0385. The van der Waals surface area contributed by atoms with Gasteiger partial charge in [0.1, 0.15) is 24.4 Å². The van der Waals surface area contributed by atoms with Gasteiger partial charge in [-0.2, -0.15) is 0 Å². The molecule has 4 heteroatoms. The van der Waals surface area contributed by atoms with Crippen LogP contribution in [0.3, 0.4) is 0 Å². The molecule has 2 aromatic carbocycles. The van der Waals surface area contributed by atoms with Gasteiger partial charge in [-0.05, 0) is 25.0 Å². The number of hydrogen-bond donors (Lipinski definition) is 0. The molecule has 0 N–H and O–H groups in total. The van der Waals surface area contributed by atoms with Gasteiger partial charge in [0, 0.05) is 0 Å². The van der Waals surface area contributed by atoms with E-state index >= 15 is 0 Å². The average molecular weight is 354 g/mol. The molecule has 0 aromatic heterocycles. The molecule has 4 atom stereocenters. The Hall–Kier alpha value is -1.72. The van der Waals surface area contributed by atoms with Crippen molar-refractivity contribution in [1.29, 1.82) is 0 Å². The van der Waals surface area contributed by atoms with E-state index in [-0.39, 0.29) is 24.4 Å². The normalized spacial score (nSPS) is 27.6. The minimum absolute atomic E-state index is 0.0331. The smallest absolute Gasteiger partial charge is 0.115 e. The Labute approximate surface area is 155 Å². The first-order chi connectivity index (χ1) is 12.7. The van der Waals surface area contributed by atoms with E-state index in [2.05, 4.69) is 62.4 Å². The summed E-state index contributed by atoms with van der Waals surface area (Å²) in [6.45, 7) is 6.45. The van der Waals surface area contributed by atoms with Gasteiger partial charge < -0.3 is 18.9 Å². The Morgan fingerprint density at radius 2 is 1.08 bits per heavy atom. The third-order valence-corrected chi connectivity index (χ3v) is 5.13. The van der Waals surface area contributed by atoms with Crippen LogP contribution in [-0.4, -0.2) is 37.6 Å². The van der Waals surface area contributed by atoms with Crippen LogP contribution in [0.4, 0.5) is 0 Å². The molecule has 0 amide bonds. The highest BCUT2D eigenvalue weighted by atomic mass is 16.6. The molecule has 0 bridgehead atoms. The number of benzene rings is 2. The molecule has 2 aliphatic rings. The molecule has 2 saturated heterocycles. The SMILES string of the molecule is Cc1ccc(COC2COC3C(OCc4ccc(C)cc4)COC23)cc1. The lowest BCUT2D eigenvalue weighted by molar-refractivity contribution is -0.0580. The summed E-state index contributed by atoms with van der Waals surface area (Å²) >= 11 is 0. The fourth-order valence-corrected chi connectivity index (χ4v) is 3.49. The Balaban J connectivity index is 1.28. The van der Waals surface area contributed by atoms with Gasteiger partial charge in [0.15, 0.2) is 0 Å². The summed E-state index contributed by atoms with van der Waals surface area (Å²) in [6, 6.07) is 16.8. The summed E-state index contributed by atoms with van der Waals surface area (Å²) in [7, 11) is 0. The molecule has 2 heterocycles. The zero-order valence-corrected chi connectivity index (χ0v) is 15.4. The Bertz CT molecular complexity index is 646. The highest BCUT2D eigenvalue weighted by molar-refractivity contribution is 5.21. The van der Waals surface area contributed by atoms with Crippen LogP contribution in [0, 0.1) is 13.8 Å². The van der Waals surface area contributed by atoms with Crippen LogP contribution in [0.2, 0.25) is 0 Å². The summed E-state index contributed by atoms with van der Waals surface area (Å²) in [5.41, 5.74) is 4.85. The molecular weight excluding hydrogens is 328 g/mol. The summed E-state index contributed by atoms with van der Waals surface area (Å²) in [5, 5.41) is 0. The lowest BCUT2D eigenvalue weighted by Crippen LogP contribution is -2.34. The van der Waals surface area contributed by atoms with Crippen molar-refractivity contribution in [3.8, 4) is 0 Å². The van der Waals surface area contributed by atoms with Crippen molar-refractivity contribution in [2.45, 2.75) is 51.5 Å². The number of fused-ring (bicyclic) bond motifs is 1. The van der Waals surface area contributed by atoms with Crippen LogP contribution in [-0.2, 0) is 32.2 Å². The number of hydrogen-bond acceptors (Lipinski definition) is 4. The van der Waals surface area contributed by atoms with Crippen LogP contribution in [0.25, 0.3) is 0 Å². The third kappa shape index (κ3) is 3.99. The Kier molecular flexibility index (Phi) is 5.36. The van der Waals surface area contributed by atoms with Crippen molar-refractivity contribution < 1.29 is 18.9 Å². The summed E-state index contributed by atoms with van der Waals surface area (Å²) in [5.74, 6) is 0. The number of aryl methyl sites for hydroxylation is 2. The molecule has 2 fully saturated rings. The maximum Gasteiger partial charge on any atom is 0.115 e. The van der Waals surface area contributed by atoms with E-state index in [1.165, 1.54) is 22.3 Å². The Morgan fingerprint density at radius 1 is 0.692 bits per heavy atom. The monoisotopic (exact) mass is 354 g/mol. The summed E-state index contributed by atoms with van der Waals surface area (Å²) in [6.07, 6.45) is -0.143. The Morgan fingerprint density at radius 3 is 1.46 bits per heavy atom. The van der Waals surface area contributed by atoms with Gasteiger partial charge in [0.25, 0.3) is 0 Å². The van der Waals surface area contributed by atoms with Crippen molar-refractivity contribution in [3.05, 3.63) is 70.8 Å². The maximum atomic E-state index is 6.06. The summed E-state index contributed by atoms with van der Waals surface area (Å²) < 4.78 is 24.0. The first-order valence-corrected chi connectivity index (χ1v) is 9.26. The molecule has 2 aliphatic heterocycles. The van der Waals surface area contributed by atoms with Crippen LogP contribution < -0.4 is 0 Å². The molecule has 0 aliphatic carbocycles. The second kappa shape index (κ2) is 7.89. The third-order valence-electron chi connectivity index (χ3n) is 5.13. The fraction of sp³-hybridized carbons (Fsp3) is 0.455. The van der Waals surface area contributed by atoms with E-state index in [1.807, 2.05) is 0 Å². The molecule has 138 valence electrons. The lowest BCUT2D eigenvalue weighted by Gasteiger charge is -2.17. The van der Waals surface area contributed by atoms with Gasteiger partial charge in [0.2, 0.25) is 0 Å². The number of rotatable bonds is 6. The predicted molar refractivity (Wildman–Crippen MR) is 99.0 cm³/mol. The van der Waals surface area contributed by atoms with Gasteiger partial charge in [-0.15, -0.1) is 0 Å². The van der Waals surface area contributed by atoms with Crippen molar-refractivity contribution in [3.63, 3.8) is 0 Å². The van der Waals surface area contributed by atoms with Gasteiger partial charge >= 0.3 is 0 Å². The average Bonchev–Trinajstić information content (AvgIpc) is 3.23. The van der Waals surface area contributed by atoms with Crippen molar-refractivity contribution in [1.82, 2.24) is 0 Å². The van der Waals surface area contributed by atoms with E-state index in [9.17, 15) is 0 Å². The van der Waals surface area contributed by atoms with Gasteiger partial charge in [-0.1, -0.05) is 59.7 Å². The lowest BCUT2D eigenvalue weighted by atomic mass is 10.1. The van der Waals surface area contributed by atoms with E-state index in [0.717, 1.165) is 0 Å². The molecule has 4 rings (SSSR count). The van der Waals surface area contributed by atoms with Gasteiger partial charge in [0.05, 0.1) is 26.4 Å². The zero-order valence-electron chi connectivity index (χ0n) is 15.4. The molecule has 0 saturated carbocycles. The van der Waals surface area contributed by atoms with Gasteiger partial charge in [-0.25, -0.2) is 0 Å². The van der Waals surface area contributed by atoms with E-state index in [1.54, 1.807) is 0 Å². The second-order valence-corrected chi connectivity index (χ2v) is 7.27. The van der Waals surface area contributed by atoms with Gasteiger partial charge in [-0.3, -0.25) is 0 Å². The zero-order chi connectivity index (χ0) is 17.9. The molecule has 26 heavy (non-hydrogen) atoms. The van der Waals surface area contributed by atoms with E-state index in [4.69, 9.17) is 18.9 Å². The fourth-order valence-electron chi connectivity index (χ4n) is 3.49. The molecule has 4 nitrogen and oxygen atoms in total. The minimum Gasteiger partial charge on any atom is -0.370 e. The standard InChI is InChI=1S/C22H26O4/c1-15-3-7-17(8-4-15)11-23-19-13-25-22-20(14-26-21(19)22)24-12-18-9-5-16(2)6-10-18/h3-10,19-22H,11-14H2,1-2H3. The predicted octanol–water partition coefficient (Wildman–Crippen LogP) is 3.57.